The van der Waals surface area contributed by atoms with Crippen molar-refractivity contribution in [3.05, 3.63) is 35.9 Å². The van der Waals surface area contributed by atoms with E-state index in [1.807, 2.05) is 32.3 Å². The minimum atomic E-state index is -0.234. The van der Waals surface area contributed by atoms with Crippen LogP contribution in [0.3, 0.4) is 0 Å². The molecule has 6 nitrogen and oxygen atoms in total. The Bertz CT molecular complexity index is 616. The third-order valence-corrected chi connectivity index (χ3v) is 5.44. The molecule has 6 heteroatoms. The Hall–Kier alpha value is -2.24. The standard InChI is InChI=1S/C17H24N4O2/c1-11-13-14(12-9-7-6-8-10-12)19(3)17(23)21(5)15(13)20(4)16(22)18(11)2/h6-11,13-15H,1-5H3/t11-,13-,14+,15+/m1/s1. The van der Waals surface area contributed by atoms with E-state index in [1.54, 1.807) is 33.7 Å². The summed E-state index contributed by atoms with van der Waals surface area (Å²) in [7, 11) is 7.23. The topological polar surface area (TPSA) is 47.1 Å². The van der Waals surface area contributed by atoms with E-state index in [0.717, 1.165) is 5.56 Å². The molecule has 2 saturated heterocycles. The summed E-state index contributed by atoms with van der Waals surface area (Å²) in [5.41, 5.74) is 1.11. The first-order valence-corrected chi connectivity index (χ1v) is 7.90. The summed E-state index contributed by atoms with van der Waals surface area (Å²) >= 11 is 0. The fourth-order valence-corrected chi connectivity index (χ4v) is 4.08. The first-order chi connectivity index (χ1) is 10.9. The SMILES string of the molecule is C[C@@H]1[C@H]2[C@@H](N(C)C(=O)N1C)N(C)C(=O)N(C)[C@H]2c1ccccc1. The second kappa shape index (κ2) is 5.44. The zero-order valence-electron chi connectivity index (χ0n) is 14.3. The number of fused-ring (bicyclic) bond motifs is 1. The average Bonchev–Trinajstić information content (AvgIpc) is 2.56. The molecule has 4 amide bonds. The lowest BCUT2D eigenvalue weighted by molar-refractivity contribution is -0.0652. The van der Waals surface area contributed by atoms with Gasteiger partial charge < -0.3 is 19.6 Å². The van der Waals surface area contributed by atoms with Crippen LogP contribution >= 0.6 is 0 Å². The summed E-state index contributed by atoms with van der Waals surface area (Å²) < 4.78 is 0. The highest BCUT2D eigenvalue weighted by Crippen LogP contribution is 2.43. The molecule has 2 fully saturated rings. The monoisotopic (exact) mass is 316 g/mol. The van der Waals surface area contributed by atoms with Crippen LogP contribution in [0.1, 0.15) is 18.5 Å². The number of rotatable bonds is 1. The summed E-state index contributed by atoms with van der Waals surface area (Å²) in [5, 5.41) is 0. The van der Waals surface area contributed by atoms with Crippen LogP contribution < -0.4 is 0 Å². The summed E-state index contributed by atoms with van der Waals surface area (Å²) in [6.45, 7) is 2.07. The minimum Gasteiger partial charge on any atom is -0.324 e. The molecule has 0 saturated carbocycles. The largest absolute Gasteiger partial charge is 0.324 e. The maximum Gasteiger partial charge on any atom is 0.321 e. The maximum atomic E-state index is 12.7. The molecular formula is C17H24N4O2. The van der Waals surface area contributed by atoms with Crippen LogP contribution in [0.5, 0.6) is 0 Å². The van der Waals surface area contributed by atoms with E-state index in [4.69, 9.17) is 0 Å². The van der Waals surface area contributed by atoms with Crippen molar-refractivity contribution in [1.82, 2.24) is 19.6 Å². The van der Waals surface area contributed by atoms with E-state index >= 15 is 0 Å². The van der Waals surface area contributed by atoms with Gasteiger partial charge in [0.25, 0.3) is 0 Å². The second-order valence-electron chi connectivity index (χ2n) is 6.60. The molecule has 2 aliphatic rings. The molecule has 0 bridgehead atoms. The van der Waals surface area contributed by atoms with Crippen LogP contribution in [0.15, 0.2) is 30.3 Å². The summed E-state index contributed by atoms with van der Waals surface area (Å²) in [5.74, 6) is 0.109. The molecule has 124 valence electrons. The summed E-state index contributed by atoms with van der Waals surface area (Å²) in [6, 6.07) is 9.94. The van der Waals surface area contributed by atoms with Crippen LogP contribution in [0.2, 0.25) is 0 Å². The molecule has 0 aliphatic carbocycles. The van der Waals surface area contributed by atoms with Crippen LogP contribution in [0.4, 0.5) is 9.59 Å². The number of benzene rings is 1. The van der Waals surface area contributed by atoms with Gasteiger partial charge in [-0.15, -0.1) is 0 Å². The first-order valence-electron chi connectivity index (χ1n) is 7.90. The third-order valence-electron chi connectivity index (χ3n) is 5.44. The first kappa shape index (κ1) is 15.6. The number of nitrogens with zero attached hydrogens (tertiary/aromatic N) is 4. The smallest absolute Gasteiger partial charge is 0.321 e. The average molecular weight is 316 g/mol. The number of carbonyl (C=O) groups excluding carboxylic acids is 2. The van der Waals surface area contributed by atoms with Crippen molar-refractivity contribution < 1.29 is 9.59 Å². The molecular weight excluding hydrogens is 292 g/mol. The second-order valence-corrected chi connectivity index (χ2v) is 6.60. The number of urea groups is 2. The highest BCUT2D eigenvalue weighted by Gasteiger charge is 2.53. The molecule has 0 spiro atoms. The van der Waals surface area contributed by atoms with Gasteiger partial charge in [0, 0.05) is 40.2 Å². The minimum absolute atomic E-state index is 0.0342. The van der Waals surface area contributed by atoms with Crippen molar-refractivity contribution in [2.24, 2.45) is 5.92 Å². The molecule has 2 aliphatic heterocycles. The highest BCUT2D eigenvalue weighted by atomic mass is 16.2. The van der Waals surface area contributed by atoms with Crippen molar-refractivity contribution in [3.8, 4) is 0 Å². The Morgan fingerprint density at radius 3 is 1.87 bits per heavy atom. The van der Waals surface area contributed by atoms with Crippen molar-refractivity contribution in [1.29, 1.82) is 0 Å². The molecule has 3 rings (SSSR count). The van der Waals surface area contributed by atoms with Crippen molar-refractivity contribution in [2.75, 3.05) is 28.2 Å². The van der Waals surface area contributed by atoms with Gasteiger partial charge in [-0.3, -0.25) is 0 Å². The number of amides is 4. The van der Waals surface area contributed by atoms with Gasteiger partial charge in [0.2, 0.25) is 0 Å². The Balaban J connectivity index is 2.11. The Kier molecular flexibility index (Phi) is 3.70. The van der Waals surface area contributed by atoms with E-state index in [1.165, 1.54) is 0 Å². The lowest BCUT2D eigenvalue weighted by Gasteiger charge is -2.57. The molecule has 1 aromatic rings. The van der Waals surface area contributed by atoms with Gasteiger partial charge in [-0.2, -0.15) is 0 Å². The van der Waals surface area contributed by atoms with E-state index in [0.29, 0.717) is 0 Å². The zero-order chi connectivity index (χ0) is 16.9. The molecule has 4 atom stereocenters. The van der Waals surface area contributed by atoms with Crippen molar-refractivity contribution in [3.63, 3.8) is 0 Å². The van der Waals surface area contributed by atoms with Gasteiger partial charge in [-0.25, -0.2) is 9.59 Å². The van der Waals surface area contributed by atoms with Gasteiger partial charge >= 0.3 is 12.1 Å². The summed E-state index contributed by atoms with van der Waals surface area (Å²) in [4.78, 5) is 32.1. The Labute approximate surface area is 137 Å². The van der Waals surface area contributed by atoms with E-state index in [2.05, 4.69) is 19.1 Å². The van der Waals surface area contributed by atoms with E-state index in [-0.39, 0.29) is 36.2 Å². The zero-order valence-corrected chi connectivity index (χ0v) is 14.3. The van der Waals surface area contributed by atoms with Gasteiger partial charge in [0.15, 0.2) is 0 Å². The maximum absolute atomic E-state index is 12.7. The van der Waals surface area contributed by atoms with Crippen LogP contribution in [-0.4, -0.2) is 72.1 Å². The highest BCUT2D eigenvalue weighted by molar-refractivity contribution is 5.80. The number of hydrogen-bond acceptors (Lipinski definition) is 2. The van der Waals surface area contributed by atoms with Crippen LogP contribution in [-0.2, 0) is 0 Å². The molecule has 2 heterocycles. The number of carbonyl (C=O) groups is 2. The van der Waals surface area contributed by atoms with Gasteiger partial charge in [0.1, 0.15) is 6.17 Å². The normalized spacial score (nSPS) is 31.5. The summed E-state index contributed by atoms with van der Waals surface area (Å²) in [6.07, 6.45) is -0.234. The molecule has 1 aromatic carbocycles. The fraction of sp³-hybridized carbons (Fsp3) is 0.529. The van der Waals surface area contributed by atoms with Crippen LogP contribution in [0, 0.1) is 5.92 Å². The Morgan fingerprint density at radius 1 is 0.783 bits per heavy atom. The molecule has 23 heavy (non-hydrogen) atoms. The van der Waals surface area contributed by atoms with Crippen molar-refractivity contribution >= 4 is 12.1 Å². The molecule has 0 aromatic heterocycles. The van der Waals surface area contributed by atoms with Gasteiger partial charge in [-0.1, -0.05) is 30.3 Å². The van der Waals surface area contributed by atoms with E-state index < -0.39 is 0 Å². The van der Waals surface area contributed by atoms with Gasteiger partial charge in [-0.05, 0) is 12.5 Å². The van der Waals surface area contributed by atoms with Crippen LogP contribution in [0.25, 0.3) is 0 Å². The molecule has 0 unspecified atom stereocenters. The van der Waals surface area contributed by atoms with Gasteiger partial charge in [0.05, 0.1) is 6.04 Å². The van der Waals surface area contributed by atoms with Crippen molar-refractivity contribution in [2.45, 2.75) is 25.2 Å². The quantitative estimate of drug-likeness (QED) is 0.796. The lowest BCUT2D eigenvalue weighted by Crippen LogP contribution is -2.71. The predicted octanol–water partition coefficient (Wildman–Crippen LogP) is 2.05. The lowest BCUT2D eigenvalue weighted by atomic mass is 9.80. The number of hydrogen-bond donors (Lipinski definition) is 0. The molecule has 0 N–H and O–H groups in total. The fourth-order valence-electron chi connectivity index (χ4n) is 4.08. The van der Waals surface area contributed by atoms with E-state index in [9.17, 15) is 9.59 Å². The predicted molar refractivity (Wildman–Crippen MR) is 87.8 cm³/mol. The molecule has 0 radical (unpaired) electrons. The Morgan fingerprint density at radius 2 is 1.30 bits per heavy atom. The third kappa shape index (κ3) is 2.16.